The lowest BCUT2D eigenvalue weighted by Crippen LogP contribution is -2.28. The Morgan fingerprint density at radius 1 is 1.23 bits per heavy atom. The van der Waals surface area contributed by atoms with E-state index in [1.165, 1.54) is 12.1 Å². The minimum absolute atomic E-state index is 0.0329. The molecule has 0 unspecified atom stereocenters. The summed E-state index contributed by atoms with van der Waals surface area (Å²) in [7, 11) is 0. The van der Waals surface area contributed by atoms with E-state index >= 15 is 0 Å². The topological polar surface area (TPSA) is 115 Å². The standard InChI is InChI=1S/C15H12Cl2N4O5/c16-8-1-2-10(9(17)5-8)25-7-11(22)18-15-20-19-12(26-15)6-21-13(23)3-4-14(21)24/h1-2,5H,3-4,6-7H2,(H,18,20,22). The average molecular weight is 399 g/mol. The largest absolute Gasteiger partial charge is 0.482 e. The number of nitrogens with one attached hydrogen (secondary N) is 1. The first kappa shape index (κ1) is 18.2. The molecular formula is C15H12Cl2N4O5. The fourth-order valence-corrected chi connectivity index (χ4v) is 2.66. The molecule has 9 nitrogen and oxygen atoms in total. The van der Waals surface area contributed by atoms with Gasteiger partial charge in [-0.05, 0) is 18.2 Å². The number of nitrogens with zero attached hydrogens (tertiary/aromatic N) is 3. The van der Waals surface area contributed by atoms with E-state index in [-0.39, 0.29) is 54.7 Å². The van der Waals surface area contributed by atoms with Crippen molar-refractivity contribution in [2.75, 3.05) is 11.9 Å². The number of likely N-dealkylation sites (tertiary alicyclic amines) is 1. The zero-order valence-corrected chi connectivity index (χ0v) is 14.7. The second-order valence-electron chi connectivity index (χ2n) is 5.29. The van der Waals surface area contributed by atoms with Gasteiger partial charge < -0.3 is 9.15 Å². The normalized spacial score (nSPS) is 14.0. The van der Waals surface area contributed by atoms with Gasteiger partial charge in [-0.25, -0.2) is 0 Å². The van der Waals surface area contributed by atoms with Gasteiger partial charge in [-0.15, -0.1) is 5.10 Å². The number of anilines is 1. The molecule has 1 fully saturated rings. The molecule has 2 aromatic rings. The number of hydrogen-bond acceptors (Lipinski definition) is 7. The van der Waals surface area contributed by atoms with Gasteiger partial charge in [-0.2, -0.15) is 0 Å². The number of imide groups is 1. The molecule has 0 radical (unpaired) electrons. The lowest BCUT2D eigenvalue weighted by molar-refractivity contribution is -0.139. The van der Waals surface area contributed by atoms with Crippen LogP contribution in [0.2, 0.25) is 10.0 Å². The van der Waals surface area contributed by atoms with Crippen LogP contribution in [0.5, 0.6) is 5.75 Å². The number of ether oxygens (including phenoxy) is 1. The Bertz CT molecular complexity index is 853. The zero-order chi connectivity index (χ0) is 18.7. The molecule has 2 heterocycles. The van der Waals surface area contributed by atoms with Crippen molar-refractivity contribution in [3.63, 3.8) is 0 Å². The van der Waals surface area contributed by atoms with Crippen LogP contribution in [-0.2, 0) is 20.9 Å². The molecule has 26 heavy (non-hydrogen) atoms. The second-order valence-corrected chi connectivity index (χ2v) is 6.13. The van der Waals surface area contributed by atoms with Crippen LogP contribution in [0.3, 0.4) is 0 Å². The Labute approximate surface area is 157 Å². The molecule has 1 aliphatic heterocycles. The SMILES string of the molecule is O=C(COc1ccc(Cl)cc1Cl)Nc1nnc(CN2C(=O)CCC2=O)o1. The zero-order valence-electron chi connectivity index (χ0n) is 13.2. The van der Waals surface area contributed by atoms with Crippen LogP contribution in [0.4, 0.5) is 6.01 Å². The molecule has 1 saturated heterocycles. The molecule has 3 amide bonds. The maximum absolute atomic E-state index is 11.9. The molecule has 0 bridgehead atoms. The van der Waals surface area contributed by atoms with Gasteiger partial charge in [-0.1, -0.05) is 28.3 Å². The van der Waals surface area contributed by atoms with E-state index in [0.29, 0.717) is 10.8 Å². The van der Waals surface area contributed by atoms with Crippen LogP contribution in [-0.4, -0.2) is 39.4 Å². The Morgan fingerprint density at radius 3 is 2.65 bits per heavy atom. The molecule has 1 aromatic heterocycles. The van der Waals surface area contributed by atoms with E-state index in [2.05, 4.69) is 15.5 Å². The molecule has 1 N–H and O–H groups in total. The second kappa shape index (κ2) is 7.71. The highest BCUT2D eigenvalue weighted by molar-refractivity contribution is 6.35. The number of rotatable bonds is 6. The van der Waals surface area contributed by atoms with E-state index in [1.54, 1.807) is 6.07 Å². The van der Waals surface area contributed by atoms with Gasteiger partial charge in [0.05, 0.1) is 5.02 Å². The van der Waals surface area contributed by atoms with Crippen molar-refractivity contribution in [1.29, 1.82) is 0 Å². The third-order valence-electron chi connectivity index (χ3n) is 3.41. The first-order valence-electron chi connectivity index (χ1n) is 7.45. The molecule has 0 spiro atoms. The number of amides is 3. The summed E-state index contributed by atoms with van der Waals surface area (Å²) in [6, 6.07) is 4.43. The summed E-state index contributed by atoms with van der Waals surface area (Å²) in [6.45, 7) is -0.473. The predicted octanol–water partition coefficient (Wildman–Crippen LogP) is 2.04. The van der Waals surface area contributed by atoms with Gasteiger partial charge in [0.2, 0.25) is 17.7 Å². The van der Waals surface area contributed by atoms with Crippen LogP contribution in [0.15, 0.2) is 22.6 Å². The fourth-order valence-electron chi connectivity index (χ4n) is 2.19. The summed E-state index contributed by atoms with van der Waals surface area (Å²) in [5, 5.41) is 10.4. The Morgan fingerprint density at radius 2 is 1.96 bits per heavy atom. The van der Waals surface area contributed by atoms with Crippen molar-refractivity contribution in [3.8, 4) is 5.75 Å². The summed E-state index contributed by atoms with van der Waals surface area (Å²) in [4.78, 5) is 36.0. The average Bonchev–Trinajstić information content (AvgIpc) is 3.15. The van der Waals surface area contributed by atoms with Crippen LogP contribution in [0, 0.1) is 0 Å². The van der Waals surface area contributed by atoms with Gasteiger partial charge in [0.25, 0.3) is 5.91 Å². The highest BCUT2D eigenvalue weighted by Gasteiger charge is 2.30. The summed E-state index contributed by atoms with van der Waals surface area (Å²) in [5.41, 5.74) is 0. The van der Waals surface area contributed by atoms with Gasteiger partial charge in [0.1, 0.15) is 12.3 Å². The minimum Gasteiger partial charge on any atom is -0.482 e. The Kier molecular flexibility index (Phi) is 5.38. The minimum atomic E-state index is -0.556. The van der Waals surface area contributed by atoms with Crippen LogP contribution in [0.1, 0.15) is 18.7 Å². The number of carbonyl (C=O) groups is 3. The highest BCUT2D eigenvalue weighted by Crippen LogP contribution is 2.27. The van der Waals surface area contributed by atoms with Crippen LogP contribution in [0.25, 0.3) is 0 Å². The molecule has 0 saturated carbocycles. The quantitative estimate of drug-likeness (QED) is 0.740. The third-order valence-corrected chi connectivity index (χ3v) is 3.94. The molecule has 1 aliphatic rings. The molecule has 3 rings (SSSR count). The molecule has 136 valence electrons. The van der Waals surface area contributed by atoms with Crippen molar-refractivity contribution >= 4 is 46.9 Å². The first-order chi connectivity index (χ1) is 12.4. The lowest BCUT2D eigenvalue weighted by Gasteiger charge is -2.09. The predicted molar refractivity (Wildman–Crippen MR) is 89.7 cm³/mol. The molecule has 0 aliphatic carbocycles. The third kappa shape index (κ3) is 4.30. The van der Waals surface area contributed by atoms with E-state index in [0.717, 1.165) is 4.90 Å². The van der Waals surface area contributed by atoms with E-state index in [1.807, 2.05) is 0 Å². The first-order valence-corrected chi connectivity index (χ1v) is 8.21. The smallest absolute Gasteiger partial charge is 0.322 e. The number of carbonyl (C=O) groups excluding carboxylic acids is 3. The maximum Gasteiger partial charge on any atom is 0.322 e. The van der Waals surface area contributed by atoms with Gasteiger partial charge >= 0.3 is 6.01 Å². The summed E-state index contributed by atoms with van der Waals surface area (Å²) < 4.78 is 10.5. The molecule has 1 aromatic carbocycles. The maximum atomic E-state index is 11.9. The fraction of sp³-hybridized carbons (Fsp3) is 0.267. The lowest BCUT2D eigenvalue weighted by atomic mass is 10.3. The molecular weight excluding hydrogens is 387 g/mol. The van der Waals surface area contributed by atoms with Crippen LogP contribution >= 0.6 is 23.2 Å². The number of aromatic nitrogens is 2. The van der Waals surface area contributed by atoms with Crippen molar-refractivity contribution in [1.82, 2.24) is 15.1 Å². The summed E-state index contributed by atoms with van der Waals surface area (Å²) >= 11 is 11.7. The van der Waals surface area contributed by atoms with Crippen molar-refractivity contribution < 1.29 is 23.5 Å². The number of halogens is 2. The van der Waals surface area contributed by atoms with E-state index in [9.17, 15) is 14.4 Å². The highest BCUT2D eigenvalue weighted by atomic mass is 35.5. The van der Waals surface area contributed by atoms with Crippen LogP contribution < -0.4 is 10.1 Å². The van der Waals surface area contributed by atoms with Gasteiger partial charge in [0.15, 0.2) is 6.61 Å². The van der Waals surface area contributed by atoms with E-state index in [4.69, 9.17) is 32.4 Å². The monoisotopic (exact) mass is 398 g/mol. The molecule has 0 atom stereocenters. The summed E-state index contributed by atoms with van der Waals surface area (Å²) in [6.07, 6.45) is 0.336. The number of benzene rings is 1. The number of hydrogen-bond donors (Lipinski definition) is 1. The van der Waals surface area contributed by atoms with Crippen molar-refractivity contribution in [2.24, 2.45) is 0 Å². The Hall–Kier alpha value is -2.65. The molecule has 11 heteroatoms. The van der Waals surface area contributed by atoms with Crippen molar-refractivity contribution in [3.05, 3.63) is 34.1 Å². The summed E-state index contributed by atoms with van der Waals surface area (Å²) in [5.74, 6) is -0.826. The van der Waals surface area contributed by atoms with Crippen molar-refractivity contribution in [2.45, 2.75) is 19.4 Å². The van der Waals surface area contributed by atoms with E-state index < -0.39 is 5.91 Å². The Balaban J connectivity index is 1.52. The van der Waals surface area contributed by atoms with Gasteiger partial charge in [0, 0.05) is 17.9 Å². The van der Waals surface area contributed by atoms with Gasteiger partial charge in [-0.3, -0.25) is 24.6 Å².